The molecule has 5 heteroatoms. The molecule has 5 nitrogen and oxygen atoms in total. The molecule has 0 radical (unpaired) electrons. The van der Waals surface area contributed by atoms with Crippen LogP contribution >= 0.6 is 0 Å². The predicted octanol–water partition coefficient (Wildman–Crippen LogP) is 1.40. The van der Waals surface area contributed by atoms with Crippen LogP contribution in [0.4, 0.5) is 0 Å². The van der Waals surface area contributed by atoms with E-state index in [9.17, 15) is 15.8 Å². The third-order valence-electron chi connectivity index (χ3n) is 6.09. The smallest absolute Gasteiger partial charge is 0.191 e. The summed E-state index contributed by atoms with van der Waals surface area (Å²) in [6, 6.07) is 16.4. The van der Waals surface area contributed by atoms with Crippen LogP contribution in [0.1, 0.15) is 25.3 Å². The number of hydrogen-bond acceptors (Lipinski definition) is 4. The molecular weight excluding hydrogens is 322 g/mol. The number of nitriles is 3. The second kappa shape index (κ2) is 6.03. The minimum absolute atomic E-state index is 0.0781. The molecule has 1 aliphatic heterocycles. The van der Waals surface area contributed by atoms with E-state index in [1.165, 1.54) is 4.90 Å². The molecule has 2 aliphatic rings. The molecule has 1 heterocycles. The molecule has 0 amide bonds. The maximum atomic E-state index is 10.1. The van der Waals surface area contributed by atoms with Gasteiger partial charge in [-0.1, -0.05) is 30.3 Å². The maximum Gasteiger partial charge on any atom is 0.191 e. The van der Waals surface area contributed by atoms with Crippen molar-refractivity contribution in [1.29, 1.82) is 15.8 Å². The van der Waals surface area contributed by atoms with Crippen molar-refractivity contribution in [3.05, 3.63) is 58.8 Å². The minimum atomic E-state index is -1.57. The summed E-state index contributed by atoms with van der Waals surface area (Å²) in [5.74, 6) is -0.447. The number of allylic oxidation sites excluding steroid dienone is 2. The highest BCUT2D eigenvalue weighted by Crippen LogP contribution is 2.59. The van der Waals surface area contributed by atoms with E-state index in [-0.39, 0.29) is 11.7 Å². The Balaban J connectivity index is 2.44. The van der Waals surface area contributed by atoms with Crippen LogP contribution in [0.5, 0.6) is 0 Å². The van der Waals surface area contributed by atoms with Crippen molar-refractivity contribution in [2.75, 3.05) is 13.6 Å². The number of quaternary nitrogens is 1. The van der Waals surface area contributed by atoms with Crippen LogP contribution in [0.25, 0.3) is 0 Å². The summed E-state index contributed by atoms with van der Waals surface area (Å²) in [5.41, 5.74) is 6.35. The van der Waals surface area contributed by atoms with Crippen LogP contribution in [0.15, 0.2) is 53.3 Å². The normalized spacial score (nSPS) is 32.5. The lowest BCUT2D eigenvalue weighted by Crippen LogP contribution is -3.14. The maximum absolute atomic E-state index is 10.1. The molecule has 3 rings (SSSR count). The second-order valence-corrected chi connectivity index (χ2v) is 7.59. The Morgan fingerprint density at radius 3 is 2.31 bits per heavy atom. The Morgan fingerprint density at radius 2 is 1.77 bits per heavy atom. The topological polar surface area (TPSA) is 102 Å². The SMILES string of the molecule is CC1C=C2C(C#N)=C(N)C(C#N)(C#N)C(c3ccccc3)C2(C)C[NH+]1C. The van der Waals surface area contributed by atoms with E-state index in [0.29, 0.717) is 12.1 Å². The van der Waals surface area contributed by atoms with Gasteiger partial charge in [0.1, 0.15) is 12.1 Å². The first-order valence-electron chi connectivity index (χ1n) is 8.68. The van der Waals surface area contributed by atoms with Gasteiger partial charge in [-0.05, 0) is 31.1 Å². The quantitative estimate of drug-likeness (QED) is 0.804. The van der Waals surface area contributed by atoms with Crippen molar-refractivity contribution in [2.24, 2.45) is 16.6 Å². The number of nitrogens with two attached hydrogens (primary N) is 1. The molecule has 4 unspecified atom stereocenters. The molecule has 0 spiro atoms. The average molecular weight is 344 g/mol. The predicted molar refractivity (Wildman–Crippen MR) is 97.1 cm³/mol. The summed E-state index contributed by atoms with van der Waals surface area (Å²) in [4.78, 5) is 1.28. The molecule has 3 N–H and O–H groups in total. The van der Waals surface area contributed by atoms with E-state index in [1.807, 2.05) is 30.3 Å². The van der Waals surface area contributed by atoms with Crippen LogP contribution in [0.3, 0.4) is 0 Å². The van der Waals surface area contributed by atoms with Crippen LogP contribution in [-0.2, 0) is 0 Å². The molecular formula is C21H22N5+. The summed E-state index contributed by atoms with van der Waals surface area (Å²) in [6.45, 7) is 4.86. The fourth-order valence-corrected chi connectivity index (χ4v) is 4.68. The number of likely N-dealkylation sites (N-methyl/N-ethyl adjacent to an activating group) is 1. The molecule has 0 aromatic heterocycles. The Morgan fingerprint density at radius 1 is 1.15 bits per heavy atom. The van der Waals surface area contributed by atoms with E-state index in [4.69, 9.17) is 5.73 Å². The highest BCUT2D eigenvalue weighted by Gasteiger charge is 2.61. The molecule has 1 aliphatic carbocycles. The van der Waals surface area contributed by atoms with Gasteiger partial charge >= 0.3 is 0 Å². The summed E-state index contributed by atoms with van der Waals surface area (Å²) in [6.07, 6.45) is 2.08. The van der Waals surface area contributed by atoms with E-state index in [1.54, 1.807) is 0 Å². The monoisotopic (exact) mass is 344 g/mol. The Kier molecular flexibility index (Phi) is 4.11. The van der Waals surface area contributed by atoms with Gasteiger partial charge in [0.05, 0.1) is 42.4 Å². The number of rotatable bonds is 1. The highest BCUT2D eigenvalue weighted by atomic mass is 15.1. The van der Waals surface area contributed by atoms with Crippen molar-refractivity contribution in [1.82, 2.24) is 0 Å². The van der Waals surface area contributed by atoms with Gasteiger partial charge in [0.2, 0.25) is 0 Å². The molecule has 1 aromatic carbocycles. The Labute approximate surface area is 154 Å². The lowest BCUT2D eigenvalue weighted by molar-refractivity contribution is -0.905. The van der Waals surface area contributed by atoms with Crippen LogP contribution < -0.4 is 10.6 Å². The van der Waals surface area contributed by atoms with Gasteiger partial charge in [-0.25, -0.2) is 0 Å². The van der Waals surface area contributed by atoms with E-state index in [2.05, 4.69) is 45.2 Å². The third-order valence-corrected chi connectivity index (χ3v) is 6.09. The molecule has 0 bridgehead atoms. The van der Waals surface area contributed by atoms with Gasteiger partial charge in [-0.15, -0.1) is 0 Å². The second-order valence-electron chi connectivity index (χ2n) is 7.59. The number of nitrogens with one attached hydrogen (secondary N) is 1. The van der Waals surface area contributed by atoms with Crippen molar-refractivity contribution in [2.45, 2.75) is 25.8 Å². The fourth-order valence-electron chi connectivity index (χ4n) is 4.68. The first-order valence-corrected chi connectivity index (χ1v) is 8.68. The van der Waals surface area contributed by atoms with E-state index < -0.39 is 16.7 Å². The lowest BCUT2D eigenvalue weighted by atomic mass is 9.51. The van der Waals surface area contributed by atoms with Gasteiger partial charge in [0.25, 0.3) is 0 Å². The zero-order valence-electron chi connectivity index (χ0n) is 15.2. The first kappa shape index (κ1) is 17.7. The standard InChI is InChI=1S/C21H21N5/c1-14-9-17-16(10-22)19(25)21(11-23,12-24)18(15-7-5-4-6-8-15)20(17,2)13-26(14)3/h4-9,14,18H,13,25H2,1-3H3/p+1. The number of fused-ring (bicyclic) bond motifs is 1. The van der Waals surface area contributed by atoms with Crippen LogP contribution in [0.2, 0.25) is 0 Å². The lowest BCUT2D eigenvalue weighted by Gasteiger charge is -2.51. The number of hydrogen-bond donors (Lipinski definition) is 2. The molecule has 0 saturated carbocycles. The molecule has 0 saturated heterocycles. The number of nitrogens with zero attached hydrogens (tertiary/aromatic N) is 3. The van der Waals surface area contributed by atoms with Gasteiger partial charge in [0.15, 0.2) is 5.41 Å². The Hall–Kier alpha value is -3.07. The molecule has 0 fully saturated rings. The zero-order chi connectivity index (χ0) is 19.1. The summed E-state index contributed by atoms with van der Waals surface area (Å²) >= 11 is 0. The number of benzene rings is 1. The van der Waals surface area contributed by atoms with Gasteiger partial charge in [0, 0.05) is 5.92 Å². The van der Waals surface area contributed by atoms with Gasteiger partial charge in [-0.3, -0.25) is 0 Å². The fraction of sp³-hybridized carbons (Fsp3) is 0.381. The van der Waals surface area contributed by atoms with Gasteiger partial charge < -0.3 is 10.6 Å². The van der Waals surface area contributed by atoms with E-state index in [0.717, 1.165) is 11.1 Å². The summed E-state index contributed by atoms with van der Waals surface area (Å²) in [7, 11) is 2.10. The summed E-state index contributed by atoms with van der Waals surface area (Å²) < 4.78 is 0. The molecule has 26 heavy (non-hydrogen) atoms. The highest BCUT2D eigenvalue weighted by molar-refractivity contribution is 5.61. The van der Waals surface area contributed by atoms with Crippen molar-refractivity contribution < 1.29 is 4.90 Å². The summed E-state index contributed by atoms with van der Waals surface area (Å²) in [5, 5.41) is 29.9. The molecule has 130 valence electrons. The van der Waals surface area contributed by atoms with Crippen LogP contribution in [-0.4, -0.2) is 19.6 Å². The van der Waals surface area contributed by atoms with E-state index >= 15 is 0 Å². The van der Waals surface area contributed by atoms with Crippen molar-refractivity contribution in [3.8, 4) is 18.2 Å². The minimum Gasteiger partial charge on any atom is -0.399 e. The van der Waals surface area contributed by atoms with Gasteiger partial charge in [-0.2, -0.15) is 15.8 Å². The molecule has 1 aromatic rings. The van der Waals surface area contributed by atoms with Crippen molar-refractivity contribution in [3.63, 3.8) is 0 Å². The molecule has 4 atom stereocenters. The zero-order valence-corrected chi connectivity index (χ0v) is 15.2. The first-order chi connectivity index (χ1) is 12.4. The third kappa shape index (κ3) is 2.17. The Bertz CT molecular complexity index is 908. The van der Waals surface area contributed by atoms with Crippen LogP contribution in [0, 0.1) is 44.8 Å². The average Bonchev–Trinajstić information content (AvgIpc) is 2.64. The van der Waals surface area contributed by atoms with Crippen molar-refractivity contribution >= 4 is 0 Å². The largest absolute Gasteiger partial charge is 0.399 e.